The van der Waals surface area contributed by atoms with E-state index >= 15 is 0 Å². The van der Waals surface area contributed by atoms with Crippen molar-refractivity contribution in [3.63, 3.8) is 0 Å². The number of benzene rings is 8. The van der Waals surface area contributed by atoms with Crippen LogP contribution >= 0.6 is 0 Å². The molecule has 0 aromatic heterocycles. The molecule has 0 unspecified atom stereocenters. The van der Waals surface area contributed by atoms with Crippen molar-refractivity contribution in [3.05, 3.63) is 229 Å². The Morgan fingerprint density at radius 1 is 0.397 bits per heavy atom. The largest absolute Gasteiger partial charge is 0.311 e. The van der Waals surface area contributed by atoms with Gasteiger partial charge in [0.15, 0.2) is 0 Å². The molecule has 2 aliphatic rings. The van der Waals surface area contributed by atoms with Crippen LogP contribution in [-0.4, -0.2) is 0 Å². The number of fused-ring (bicyclic) bond motifs is 3. The second-order valence-corrected chi connectivity index (χ2v) is 19.5. The summed E-state index contributed by atoms with van der Waals surface area (Å²) in [6.45, 7) is 12.0. The van der Waals surface area contributed by atoms with E-state index in [0.29, 0.717) is 5.92 Å². The van der Waals surface area contributed by atoms with Gasteiger partial charge in [0.1, 0.15) is 0 Å². The molecule has 0 bridgehead atoms. The number of anilines is 6. The van der Waals surface area contributed by atoms with Crippen LogP contribution in [0, 0.1) is 11.3 Å². The van der Waals surface area contributed by atoms with E-state index in [0.717, 1.165) is 35.6 Å². The highest BCUT2D eigenvalue weighted by atomic mass is 15.1. The van der Waals surface area contributed by atoms with Gasteiger partial charge >= 0.3 is 0 Å². The Morgan fingerprint density at radius 3 is 1.32 bits per heavy atom. The van der Waals surface area contributed by atoms with Gasteiger partial charge in [0.05, 0.1) is 0 Å². The lowest BCUT2D eigenvalue weighted by Gasteiger charge is -2.45. The minimum absolute atomic E-state index is 0.0763. The molecule has 1 fully saturated rings. The fourth-order valence-electron chi connectivity index (χ4n) is 10.9. The van der Waals surface area contributed by atoms with Crippen LogP contribution in [0.3, 0.4) is 0 Å². The van der Waals surface area contributed by atoms with Crippen molar-refractivity contribution in [3.8, 4) is 22.3 Å². The minimum atomic E-state index is -0.0886. The molecule has 0 spiro atoms. The normalized spacial score (nSPS) is 17.7. The van der Waals surface area contributed by atoms with E-state index in [1.807, 2.05) is 0 Å². The molecule has 0 aliphatic heterocycles. The van der Waals surface area contributed by atoms with Gasteiger partial charge in [-0.25, -0.2) is 0 Å². The van der Waals surface area contributed by atoms with E-state index in [-0.39, 0.29) is 16.2 Å². The van der Waals surface area contributed by atoms with Gasteiger partial charge in [0.25, 0.3) is 0 Å². The van der Waals surface area contributed by atoms with Crippen LogP contribution in [0.15, 0.2) is 206 Å². The highest BCUT2D eigenvalue weighted by molar-refractivity contribution is 5.86. The third-order valence-corrected chi connectivity index (χ3v) is 14.5. The Labute approximate surface area is 375 Å². The van der Waals surface area contributed by atoms with Crippen LogP contribution < -0.4 is 9.80 Å². The fourth-order valence-corrected chi connectivity index (χ4v) is 10.9. The van der Waals surface area contributed by atoms with Gasteiger partial charge in [-0.05, 0) is 154 Å². The zero-order valence-electron chi connectivity index (χ0n) is 37.4. The van der Waals surface area contributed by atoms with E-state index in [4.69, 9.17) is 0 Å². The third kappa shape index (κ3) is 7.46. The Hall–Kier alpha value is -6.64. The number of hydrogen-bond acceptors (Lipinski definition) is 2. The van der Waals surface area contributed by atoms with Crippen LogP contribution in [0.25, 0.3) is 22.3 Å². The number of nitrogens with zero attached hydrogens (tertiary/aromatic N) is 2. The number of hydrogen-bond donors (Lipinski definition) is 0. The summed E-state index contributed by atoms with van der Waals surface area (Å²) < 4.78 is 0. The maximum Gasteiger partial charge on any atom is 0.0465 e. The Morgan fingerprint density at radius 2 is 0.794 bits per heavy atom. The van der Waals surface area contributed by atoms with Crippen LogP contribution in [0.1, 0.15) is 82.6 Å². The minimum Gasteiger partial charge on any atom is -0.311 e. The maximum absolute atomic E-state index is 2.44. The van der Waals surface area contributed by atoms with Crippen LogP contribution in [0.4, 0.5) is 34.1 Å². The van der Waals surface area contributed by atoms with Crippen molar-refractivity contribution >= 4 is 34.1 Å². The molecule has 312 valence electrons. The topological polar surface area (TPSA) is 6.48 Å². The first kappa shape index (κ1) is 40.4. The highest BCUT2D eigenvalue weighted by Crippen LogP contribution is 2.53. The van der Waals surface area contributed by atoms with Gasteiger partial charge in [-0.3, -0.25) is 0 Å². The molecule has 2 nitrogen and oxygen atoms in total. The lowest BCUT2D eigenvalue weighted by Crippen LogP contribution is -2.36. The summed E-state index contributed by atoms with van der Waals surface area (Å²) in [6, 6.07) is 76.4. The predicted molar refractivity (Wildman–Crippen MR) is 267 cm³/mol. The smallest absolute Gasteiger partial charge is 0.0465 e. The molecule has 0 N–H and O–H groups in total. The third-order valence-electron chi connectivity index (χ3n) is 14.5. The fraction of sp³-hybridized carbons (Fsp3) is 0.213. The van der Waals surface area contributed by atoms with E-state index in [9.17, 15) is 0 Å². The van der Waals surface area contributed by atoms with Gasteiger partial charge in [-0.2, -0.15) is 0 Å². The molecule has 0 amide bonds. The second kappa shape index (κ2) is 16.2. The molecule has 2 heteroatoms. The summed E-state index contributed by atoms with van der Waals surface area (Å²) in [5.41, 5.74) is 17.8. The Kier molecular flexibility index (Phi) is 10.4. The van der Waals surface area contributed by atoms with Crippen LogP contribution in [-0.2, 0) is 10.8 Å². The molecular formula is C61H58N2. The van der Waals surface area contributed by atoms with Crippen molar-refractivity contribution in [1.29, 1.82) is 0 Å². The van der Waals surface area contributed by atoms with E-state index in [1.165, 1.54) is 68.7 Å². The second-order valence-electron chi connectivity index (χ2n) is 19.5. The molecule has 0 saturated heterocycles. The van der Waals surface area contributed by atoms with Gasteiger partial charge in [-0.15, -0.1) is 0 Å². The van der Waals surface area contributed by atoms with Crippen molar-refractivity contribution < 1.29 is 0 Å². The van der Waals surface area contributed by atoms with Gasteiger partial charge in [0, 0.05) is 45.0 Å². The molecule has 1 saturated carbocycles. The average Bonchev–Trinajstić information content (AvgIpc) is 3.55. The van der Waals surface area contributed by atoms with Gasteiger partial charge in [0.2, 0.25) is 0 Å². The van der Waals surface area contributed by atoms with Gasteiger partial charge < -0.3 is 9.80 Å². The molecule has 10 rings (SSSR count). The lowest BCUT2D eigenvalue weighted by molar-refractivity contribution is 0.146. The van der Waals surface area contributed by atoms with E-state index < -0.39 is 0 Å². The molecule has 8 aromatic carbocycles. The summed E-state index contributed by atoms with van der Waals surface area (Å²) in [7, 11) is 0. The van der Waals surface area contributed by atoms with E-state index in [2.05, 4.69) is 251 Å². The van der Waals surface area contributed by atoms with E-state index in [1.54, 1.807) is 0 Å². The standard InChI is InChI=1S/C61H58N2/c1-59(2,3)46-39-41-61(42-40-46,47-27-33-52(34-28-47)62(49-19-11-7-12-20-49)51-31-25-45(26-32-51)44-17-9-6-10-18-44)48-29-35-53(36-30-48)63(50-21-13-8-14-22-50)54-37-38-56-55-23-15-16-24-57(55)60(4,5)58(56)43-54/h6-38,43,46H,39-42H2,1-5H3. The van der Waals surface area contributed by atoms with Gasteiger partial charge in [-0.1, -0.05) is 168 Å². The molecule has 0 radical (unpaired) electrons. The van der Waals surface area contributed by atoms with Crippen LogP contribution in [0.2, 0.25) is 0 Å². The zero-order valence-corrected chi connectivity index (χ0v) is 37.4. The highest BCUT2D eigenvalue weighted by Gasteiger charge is 2.41. The van der Waals surface area contributed by atoms with Crippen molar-refractivity contribution in [2.24, 2.45) is 11.3 Å². The number of para-hydroxylation sites is 2. The Balaban J connectivity index is 1.02. The van der Waals surface area contributed by atoms with Crippen LogP contribution in [0.5, 0.6) is 0 Å². The summed E-state index contributed by atoms with van der Waals surface area (Å²) in [5.74, 6) is 0.695. The molecule has 0 atom stereocenters. The monoisotopic (exact) mass is 818 g/mol. The maximum atomic E-state index is 2.44. The van der Waals surface area contributed by atoms with Crippen molar-refractivity contribution in [1.82, 2.24) is 0 Å². The summed E-state index contributed by atoms with van der Waals surface area (Å²) >= 11 is 0. The quantitative estimate of drug-likeness (QED) is 0.143. The molecule has 8 aromatic rings. The first-order valence-electron chi connectivity index (χ1n) is 22.9. The molecular weight excluding hydrogens is 761 g/mol. The lowest BCUT2D eigenvalue weighted by atomic mass is 9.59. The Bertz CT molecular complexity index is 2810. The van der Waals surface area contributed by atoms with Crippen molar-refractivity contribution in [2.75, 3.05) is 9.80 Å². The predicted octanol–water partition coefficient (Wildman–Crippen LogP) is 17.1. The average molecular weight is 819 g/mol. The first-order valence-corrected chi connectivity index (χ1v) is 22.9. The summed E-state index contributed by atoms with van der Waals surface area (Å²) in [6.07, 6.45) is 4.67. The summed E-state index contributed by atoms with van der Waals surface area (Å²) in [4.78, 5) is 4.82. The molecule has 0 heterocycles. The first-order chi connectivity index (χ1) is 30.6. The zero-order chi connectivity index (χ0) is 43.2. The van der Waals surface area contributed by atoms with Crippen molar-refractivity contribution in [2.45, 2.75) is 71.1 Å². The molecule has 63 heavy (non-hydrogen) atoms. The number of rotatable bonds is 9. The molecule has 2 aliphatic carbocycles. The summed E-state index contributed by atoms with van der Waals surface area (Å²) in [5, 5.41) is 0. The SMILES string of the molecule is CC1(C)c2ccccc2-c2ccc(N(c3ccccc3)c3ccc(C4(c5ccc(N(c6ccccc6)c6ccc(-c7ccccc7)cc6)cc5)CCC(C(C)(C)C)CC4)cc3)cc21.